The molecule has 0 bridgehead atoms. The third-order valence-electron chi connectivity index (χ3n) is 5.29. The lowest BCUT2D eigenvalue weighted by Gasteiger charge is -2.36. The Morgan fingerprint density at radius 3 is 2.60 bits per heavy atom. The van der Waals surface area contributed by atoms with E-state index in [1.54, 1.807) is 0 Å². The molecule has 1 heterocycles. The van der Waals surface area contributed by atoms with Crippen molar-refractivity contribution < 1.29 is 9.22 Å². The number of fused-ring (bicyclic) bond motifs is 1. The van der Waals surface area contributed by atoms with Crippen molar-refractivity contribution in [1.82, 2.24) is 9.78 Å². The molecule has 0 aliphatic rings. The van der Waals surface area contributed by atoms with E-state index >= 15 is 0 Å². The van der Waals surface area contributed by atoms with E-state index in [2.05, 4.69) is 51.1 Å². The Morgan fingerprint density at radius 1 is 1.32 bits per heavy atom. The molecule has 0 aliphatic heterocycles. The Labute approximate surface area is 151 Å². The molecule has 2 N–H and O–H groups in total. The van der Waals surface area contributed by atoms with E-state index in [1.807, 2.05) is 17.8 Å². The fourth-order valence-corrected chi connectivity index (χ4v) is 3.57. The first kappa shape index (κ1) is 19.8. The number of aryl methyl sites for hydroxylation is 1. The minimum atomic E-state index is -1.75. The maximum Gasteiger partial charge on any atom is 0.192 e. The number of hydrogen-bond acceptors (Lipinski definition) is 4. The third-order valence-corrected chi connectivity index (χ3v) is 9.83. The molecular weight excluding hydrogens is 330 g/mol. The van der Waals surface area contributed by atoms with Gasteiger partial charge in [-0.1, -0.05) is 20.8 Å². The summed E-state index contributed by atoms with van der Waals surface area (Å²) in [6.07, 6.45) is 2.26. The lowest BCUT2D eigenvalue weighted by molar-refractivity contribution is -0.117. The predicted molar refractivity (Wildman–Crippen MR) is 105 cm³/mol. The Kier molecular flexibility index (Phi) is 5.86. The van der Waals surface area contributed by atoms with Crippen molar-refractivity contribution in [2.24, 2.45) is 5.73 Å². The highest BCUT2D eigenvalue weighted by Gasteiger charge is 2.36. The highest BCUT2D eigenvalue weighted by molar-refractivity contribution is 6.74. The molecular formula is C19H31N3O2Si. The lowest BCUT2D eigenvalue weighted by atomic mass is 10.0. The van der Waals surface area contributed by atoms with Gasteiger partial charge in [0.2, 0.25) is 0 Å². The second kappa shape index (κ2) is 7.39. The number of carbonyl (C=O) groups is 1. The van der Waals surface area contributed by atoms with E-state index in [1.165, 1.54) is 0 Å². The van der Waals surface area contributed by atoms with E-state index in [-0.39, 0.29) is 17.4 Å². The van der Waals surface area contributed by atoms with Gasteiger partial charge in [-0.05, 0) is 48.3 Å². The lowest BCUT2D eigenvalue weighted by Crippen LogP contribution is -2.41. The van der Waals surface area contributed by atoms with Crippen LogP contribution in [0.1, 0.15) is 31.9 Å². The van der Waals surface area contributed by atoms with Gasteiger partial charge in [-0.3, -0.25) is 9.48 Å². The van der Waals surface area contributed by atoms with Gasteiger partial charge < -0.3 is 10.2 Å². The number of nitrogens with two attached hydrogens (primary N) is 1. The summed E-state index contributed by atoms with van der Waals surface area (Å²) < 4.78 is 8.23. The van der Waals surface area contributed by atoms with Crippen molar-refractivity contribution in [3.8, 4) is 0 Å². The van der Waals surface area contributed by atoms with Crippen LogP contribution < -0.4 is 5.73 Å². The summed E-state index contributed by atoms with van der Waals surface area (Å²) in [5, 5.41) is 5.79. The highest BCUT2D eigenvalue weighted by atomic mass is 28.4. The van der Waals surface area contributed by atoms with E-state index in [4.69, 9.17) is 10.2 Å². The summed E-state index contributed by atoms with van der Waals surface area (Å²) in [6.45, 7) is 14.7. The topological polar surface area (TPSA) is 70.1 Å². The monoisotopic (exact) mass is 361 g/mol. The summed E-state index contributed by atoms with van der Waals surface area (Å²) in [7, 11) is -1.75. The van der Waals surface area contributed by atoms with Gasteiger partial charge in [-0.2, -0.15) is 5.10 Å². The minimum absolute atomic E-state index is 0.0507. The molecule has 1 aromatic heterocycles. The largest absolute Gasteiger partial charge is 0.415 e. The van der Waals surface area contributed by atoms with Crippen LogP contribution in [0.4, 0.5) is 0 Å². The van der Waals surface area contributed by atoms with Gasteiger partial charge in [0.1, 0.15) is 0 Å². The molecule has 0 aliphatic carbocycles. The molecule has 0 saturated heterocycles. The van der Waals surface area contributed by atoms with Crippen LogP contribution >= 0.6 is 0 Å². The first-order valence-corrected chi connectivity index (χ1v) is 11.8. The molecule has 1 aromatic carbocycles. The van der Waals surface area contributed by atoms with Crippen LogP contribution in [0.2, 0.25) is 18.1 Å². The van der Waals surface area contributed by atoms with E-state index in [0.717, 1.165) is 22.0 Å². The van der Waals surface area contributed by atoms with Crippen molar-refractivity contribution in [3.05, 3.63) is 29.5 Å². The quantitative estimate of drug-likeness (QED) is 0.767. The molecule has 6 heteroatoms. The van der Waals surface area contributed by atoms with Crippen LogP contribution in [0.25, 0.3) is 10.9 Å². The van der Waals surface area contributed by atoms with E-state index < -0.39 is 8.32 Å². The molecule has 2 rings (SSSR count). The molecule has 0 saturated carbocycles. The van der Waals surface area contributed by atoms with Gasteiger partial charge in [-0.25, -0.2) is 0 Å². The van der Waals surface area contributed by atoms with Gasteiger partial charge in [0.15, 0.2) is 14.1 Å². The summed E-state index contributed by atoms with van der Waals surface area (Å²) in [5.74, 6) is 0.0507. The second-order valence-electron chi connectivity index (χ2n) is 8.23. The van der Waals surface area contributed by atoms with Crippen LogP contribution in [-0.2, 0) is 22.2 Å². The molecule has 0 unspecified atom stereocenters. The summed E-state index contributed by atoms with van der Waals surface area (Å²) >= 11 is 0. The van der Waals surface area contributed by atoms with Gasteiger partial charge in [0.05, 0.1) is 31.4 Å². The molecule has 0 amide bonds. The zero-order chi connectivity index (χ0) is 18.8. The number of hydrogen-bond donors (Lipinski definition) is 1. The number of ketones is 1. The fourth-order valence-electron chi connectivity index (χ4n) is 2.54. The van der Waals surface area contributed by atoms with Crippen molar-refractivity contribution in [3.63, 3.8) is 0 Å². The Bertz CT molecular complexity index is 760. The molecule has 0 atom stereocenters. The molecule has 138 valence electrons. The minimum Gasteiger partial charge on any atom is -0.415 e. The van der Waals surface area contributed by atoms with Crippen molar-refractivity contribution in [2.75, 3.05) is 13.2 Å². The van der Waals surface area contributed by atoms with Crippen molar-refractivity contribution in [2.45, 2.75) is 58.8 Å². The third kappa shape index (κ3) is 4.57. The first-order valence-electron chi connectivity index (χ1n) is 8.86. The number of carbonyl (C=O) groups excluding carboxylic acids is 1. The SMILES string of the molecule is Cc1cc2cnn(CCO[Si](C)(C)C(C)(C)C)c2cc1CC(=O)CN. The van der Waals surface area contributed by atoms with Crippen LogP contribution in [0.3, 0.4) is 0 Å². The van der Waals surface area contributed by atoms with E-state index in [0.29, 0.717) is 19.6 Å². The number of rotatable bonds is 7. The van der Waals surface area contributed by atoms with Gasteiger partial charge in [0.25, 0.3) is 0 Å². The van der Waals surface area contributed by atoms with Gasteiger partial charge >= 0.3 is 0 Å². The summed E-state index contributed by atoms with van der Waals surface area (Å²) in [5.41, 5.74) is 8.63. The van der Waals surface area contributed by atoms with E-state index in [9.17, 15) is 4.79 Å². The smallest absolute Gasteiger partial charge is 0.192 e. The van der Waals surface area contributed by atoms with Crippen LogP contribution in [0.5, 0.6) is 0 Å². The molecule has 2 aromatic rings. The maximum absolute atomic E-state index is 11.7. The molecule has 5 nitrogen and oxygen atoms in total. The maximum atomic E-state index is 11.7. The first-order chi connectivity index (χ1) is 11.5. The van der Waals surface area contributed by atoms with Crippen molar-refractivity contribution >= 4 is 25.0 Å². The van der Waals surface area contributed by atoms with Crippen molar-refractivity contribution in [1.29, 1.82) is 0 Å². The average Bonchev–Trinajstić information content (AvgIpc) is 2.88. The molecule has 25 heavy (non-hydrogen) atoms. The fraction of sp³-hybridized carbons (Fsp3) is 0.579. The average molecular weight is 362 g/mol. The Morgan fingerprint density at radius 2 is 2.00 bits per heavy atom. The number of benzene rings is 1. The van der Waals surface area contributed by atoms with Gasteiger partial charge in [0, 0.05) is 11.8 Å². The highest BCUT2D eigenvalue weighted by Crippen LogP contribution is 2.36. The van der Waals surface area contributed by atoms with Crippen LogP contribution in [0, 0.1) is 6.92 Å². The Hall–Kier alpha value is -1.50. The zero-order valence-corrected chi connectivity index (χ0v) is 17.3. The van der Waals surface area contributed by atoms with Crippen LogP contribution in [-0.4, -0.2) is 37.0 Å². The summed E-state index contributed by atoms with van der Waals surface area (Å²) in [6, 6.07) is 4.16. The zero-order valence-electron chi connectivity index (χ0n) is 16.3. The van der Waals surface area contributed by atoms with Gasteiger partial charge in [-0.15, -0.1) is 0 Å². The molecule has 0 radical (unpaired) electrons. The number of nitrogens with zero attached hydrogens (tertiary/aromatic N) is 2. The second-order valence-corrected chi connectivity index (χ2v) is 13.0. The summed E-state index contributed by atoms with van der Waals surface area (Å²) in [4.78, 5) is 11.7. The normalized spacial score (nSPS) is 12.8. The standard InChI is InChI=1S/C19H31N3O2Si/c1-14-9-16-13-21-22(7-8-24-25(5,6)19(2,3)4)18(16)11-15(14)10-17(23)12-20/h9,11,13H,7-8,10,12,20H2,1-6H3. The Balaban J connectivity index is 2.16. The number of Topliss-reactive ketones (excluding diaryl/α,β-unsaturated/α-hetero) is 1. The van der Waals surface area contributed by atoms with Crippen LogP contribution in [0.15, 0.2) is 18.3 Å². The molecule has 0 fully saturated rings. The molecule has 0 spiro atoms. The number of aromatic nitrogens is 2. The predicted octanol–water partition coefficient (Wildman–Crippen LogP) is 3.44.